The van der Waals surface area contributed by atoms with Crippen LogP contribution in [0.3, 0.4) is 0 Å². The highest BCUT2D eigenvalue weighted by Crippen LogP contribution is 2.31. The molecule has 0 aliphatic carbocycles. The lowest BCUT2D eigenvalue weighted by Crippen LogP contribution is -2.46. The Kier molecular flexibility index (Phi) is 4.66. The first-order valence-corrected chi connectivity index (χ1v) is 10.2. The predicted molar refractivity (Wildman–Crippen MR) is 118 cm³/mol. The summed E-state index contributed by atoms with van der Waals surface area (Å²) in [7, 11) is 2.18. The van der Waals surface area contributed by atoms with Crippen LogP contribution in [0.25, 0.3) is 21.9 Å². The number of fused-ring (bicyclic) bond motifs is 3. The lowest BCUT2D eigenvalue weighted by atomic mass is 9.97. The first-order chi connectivity index (χ1) is 14.2. The molecule has 0 bridgehead atoms. The second kappa shape index (κ2) is 7.46. The van der Waals surface area contributed by atoms with Gasteiger partial charge in [0.15, 0.2) is 0 Å². The van der Waals surface area contributed by atoms with Crippen molar-refractivity contribution in [3.05, 3.63) is 66.0 Å². The molecule has 3 N–H and O–H groups in total. The number of H-pyrrole nitrogens is 1. The third kappa shape index (κ3) is 3.45. The van der Waals surface area contributed by atoms with Crippen LogP contribution < -0.4 is 5.73 Å². The molecule has 29 heavy (non-hydrogen) atoms. The van der Waals surface area contributed by atoms with E-state index in [1.807, 2.05) is 18.2 Å². The third-order valence-corrected chi connectivity index (χ3v) is 5.95. The van der Waals surface area contributed by atoms with Gasteiger partial charge in [0, 0.05) is 43.6 Å². The summed E-state index contributed by atoms with van der Waals surface area (Å²) in [5, 5.41) is 1.98. The Morgan fingerprint density at radius 2 is 1.69 bits per heavy atom. The van der Waals surface area contributed by atoms with Crippen molar-refractivity contribution in [1.82, 2.24) is 24.8 Å². The van der Waals surface area contributed by atoms with Gasteiger partial charge in [0.1, 0.15) is 17.3 Å². The molecular formula is C23H26N6. The maximum atomic E-state index is 6.44. The number of benzene rings is 2. The summed E-state index contributed by atoms with van der Waals surface area (Å²) in [4.78, 5) is 18.0. The molecule has 0 spiro atoms. The van der Waals surface area contributed by atoms with E-state index in [1.54, 1.807) is 0 Å². The number of rotatable bonds is 4. The molecule has 1 aliphatic heterocycles. The van der Waals surface area contributed by atoms with Crippen LogP contribution in [0.4, 0.5) is 5.82 Å². The van der Waals surface area contributed by atoms with Gasteiger partial charge in [-0.2, -0.15) is 0 Å². The predicted octanol–water partition coefficient (Wildman–Crippen LogP) is 3.07. The Morgan fingerprint density at radius 1 is 0.966 bits per heavy atom. The van der Waals surface area contributed by atoms with Crippen LogP contribution >= 0.6 is 0 Å². The van der Waals surface area contributed by atoms with Gasteiger partial charge in [0.25, 0.3) is 0 Å². The fourth-order valence-electron chi connectivity index (χ4n) is 4.26. The molecule has 0 amide bonds. The van der Waals surface area contributed by atoms with Crippen LogP contribution in [0, 0.1) is 0 Å². The van der Waals surface area contributed by atoms with Crippen LogP contribution in [0.5, 0.6) is 0 Å². The van der Waals surface area contributed by atoms with E-state index in [0.29, 0.717) is 5.82 Å². The van der Waals surface area contributed by atoms with Crippen LogP contribution in [-0.2, 0) is 0 Å². The smallest absolute Gasteiger partial charge is 0.144 e. The van der Waals surface area contributed by atoms with Crippen molar-refractivity contribution in [2.45, 2.75) is 5.92 Å². The van der Waals surface area contributed by atoms with Gasteiger partial charge in [-0.25, -0.2) is 9.97 Å². The van der Waals surface area contributed by atoms with E-state index in [4.69, 9.17) is 15.7 Å². The number of hydrogen-bond acceptors (Lipinski definition) is 5. The number of piperazine rings is 1. The van der Waals surface area contributed by atoms with Gasteiger partial charge in [0.2, 0.25) is 0 Å². The number of nitrogens with one attached hydrogen (secondary N) is 1. The summed E-state index contributed by atoms with van der Waals surface area (Å²) in [6.07, 6.45) is 0. The van der Waals surface area contributed by atoms with Crippen molar-refractivity contribution in [2.75, 3.05) is 45.5 Å². The van der Waals surface area contributed by atoms with E-state index in [2.05, 4.69) is 58.2 Å². The Bertz CT molecular complexity index is 1130. The molecule has 0 unspecified atom stereocenters. The molecule has 4 aromatic rings. The molecule has 0 radical (unpaired) electrons. The SMILES string of the molecule is CN1CCN(C[C@H](c2ccccc2)c2nc(N)c3c(n2)[nH]c2ccccc23)CC1. The van der Waals surface area contributed by atoms with Gasteiger partial charge >= 0.3 is 0 Å². The minimum absolute atomic E-state index is 0.0812. The average molecular weight is 387 g/mol. The summed E-state index contributed by atoms with van der Waals surface area (Å²) in [5.74, 6) is 1.41. The van der Waals surface area contributed by atoms with Gasteiger partial charge < -0.3 is 15.6 Å². The normalized spacial score (nSPS) is 17.1. The number of aromatic nitrogens is 3. The lowest BCUT2D eigenvalue weighted by molar-refractivity contribution is 0.150. The van der Waals surface area contributed by atoms with Crippen LogP contribution in [0.1, 0.15) is 17.3 Å². The van der Waals surface area contributed by atoms with E-state index in [1.165, 1.54) is 5.56 Å². The topological polar surface area (TPSA) is 74.1 Å². The number of aromatic amines is 1. The number of hydrogen-bond donors (Lipinski definition) is 2. The number of likely N-dealkylation sites (N-methyl/N-ethyl adjacent to an activating group) is 1. The highest BCUT2D eigenvalue weighted by atomic mass is 15.2. The maximum Gasteiger partial charge on any atom is 0.144 e. The molecule has 3 heterocycles. The first-order valence-electron chi connectivity index (χ1n) is 10.2. The zero-order valence-corrected chi connectivity index (χ0v) is 16.7. The van der Waals surface area contributed by atoms with Crippen molar-refractivity contribution in [2.24, 2.45) is 0 Å². The fourth-order valence-corrected chi connectivity index (χ4v) is 4.26. The van der Waals surface area contributed by atoms with Crippen LogP contribution in [-0.4, -0.2) is 64.5 Å². The van der Waals surface area contributed by atoms with Crippen molar-refractivity contribution in [1.29, 1.82) is 0 Å². The molecular weight excluding hydrogens is 360 g/mol. The van der Waals surface area contributed by atoms with Gasteiger partial charge in [-0.15, -0.1) is 0 Å². The van der Waals surface area contributed by atoms with Crippen molar-refractivity contribution in [3.63, 3.8) is 0 Å². The Balaban J connectivity index is 1.58. The fraction of sp³-hybridized carbons (Fsp3) is 0.304. The monoisotopic (exact) mass is 386 g/mol. The molecule has 6 heteroatoms. The van der Waals surface area contributed by atoms with Crippen molar-refractivity contribution < 1.29 is 0 Å². The van der Waals surface area contributed by atoms with E-state index in [-0.39, 0.29) is 5.92 Å². The van der Waals surface area contributed by atoms with Crippen LogP contribution in [0.2, 0.25) is 0 Å². The average Bonchev–Trinajstić information content (AvgIpc) is 3.13. The minimum Gasteiger partial charge on any atom is -0.383 e. The summed E-state index contributed by atoms with van der Waals surface area (Å²) in [5.41, 5.74) is 9.52. The highest BCUT2D eigenvalue weighted by Gasteiger charge is 2.24. The molecule has 1 aliphatic rings. The number of anilines is 1. The van der Waals surface area contributed by atoms with Gasteiger partial charge in [-0.1, -0.05) is 48.5 Å². The number of nitrogens with two attached hydrogens (primary N) is 1. The lowest BCUT2D eigenvalue weighted by Gasteiger charge is -2.34. The van der Waals surface area contributed by atoms with Gasteiger partial charge in [-0.3, -0.25) is 4.90 Å². The minimum atomic E-state index is 0.0812. The quantitative estimate of drug-likeness (QED) is 0.564. The maximum absolute atomic E-state index is 6.44. The van der Waals surface area contributed by atoms with E-state index >= 15 is 0 Å². The number of nitrogen functional groups attached to an aromatic ring is 1. The standard InChI is InChI=1S/C23H26N6/c1-28-11-13-29(14-12-28)15-18(16-7-3-2-4-8-16)22-26-21(24)20-17-9-5-6-10-19(17)25-23(20)27-22/h2-10,18H,11-15H2,1H3,(H3,24,25,26,27)/t18-/m1/s1. The summed E-state index contributed by atoms with van der Waals surface area (Å²) in [6.45, 7) is 5.19. The summed E-state index contributed by atoms with van der Waals surface area (Å²) >= 11 is 0. The van der Waals surface area contributed by atoms with Crippen molar-refractivity contribution in [3.8, 4) is 0 Å². The van der Waals surface area contributed by atoms with E-state index in [9.17, 15) is 0 Å². The number of para-hydroxylation sites is 1. The molecule has 1 saturated heterocycles. The summed E-state index contributed by atoms with van der Waals surface area (Å²) in [6, 6.07) is 18.7. The molecule has 1 fully saturated rings. The van der Waals surface area contributed by atoms with Crippen LogP contribution in [0.15, 0.2) is 54.6 Å². The molecule has 2 aromatic heterocycles. The second-order valence-electron chi connectivity index (χ2n) is 7.93. The van der Waals surface area contributed by atoms with Gasteiger partial charge in [0.05, 0.1) is 11.3 Å². The molecule has 0 saturated carbocycles. The molecule has 148 valence electrons. The van der Waals surface area contributed by atoms with Gasteiger partial charge in [-0.05, 0) is 18.7 Å². The molecule has 6 nitrogen and oxygen atoms in total. The zero-order valence-electron chi connectivity index (χ0n) is 16.7. The van der Waals surface area contributed by atoms with E-state index in [0.717, 1.165) is 60.5 Å². The molecule has 2 aromatic carbocycles. The first kappa shape index (κ1) is 18.1. The second-order valence-corrected chi connectivity index (χ2v) is 7.93. The van der Waals surface area contributed by atoms with Crippen molar-refractivity contribution >= 4 is 27.8 Å². The number of nitrogens with zero attached hydrogens (tertiary/aromatic N) is 4. The Morgan fingerprint density at radius 3 is 2.48 bits per heavy atom. The Labute approximate surface area is 170 Å². The molecule has 5 rings (SSSR count). The highest BCUT2D eigenvalue weighted by molar-refractivity contribution is 6.10. The third-order valence-electron chi connectivity index (χ3n) is 5.95. The Hall–Kier alpha value is -2.96. The summed E-state index contributed by atoms with van der Waals surface area (Å²) < 4.78 is 0. The largest absolute Gasteiger partial charge is 0.383 e. The van der Waals surface area contributed by atoms with E-state index < -0.39 is 0 Å². The zero-order chi connectivity index (χ0) is 19.8. The molecule has 1 atom stereocenters.